The first-order chi connectivity index (χ1) is 23.8. The van der Waals surface area contributed by atoms with E-state index in [0.717, 1.165) is 16.9 Å². The number of benzene rings is 7. The maximum Gasteiger partial charge on any atom is 0.152 e. The van der Waals surface area contributed by atoms with E-state index in [1.165, 1.54) is 67.4 Å². The van der Waals surface area contributed by atoms with Gasteiger partial charge in [-0.25, -0.2) is 4.99 Å². The molecular weight excluding hydrogens is 697 g/mol. The van der Waals surface area contributed by atoms with Crippen LogP contribution in [0.1, 0.15) is 0 Å². The molecule has 1 aliphatic rings. The largest absolute Gasteiger partial charge is 0.309 e. The van der Waals surface area contributed by atoms with E-state index in [0.29, 0.717) is 0 Å². The normalized spacial score (nSPS) is 12.2. The second-order valence-electron chi connectivity index (χ2n) is 12.2. The molecule has 7 aromatic carbocycles. The third-order valence-corrected chi connectivity index (χ3v) is 12.5. The second-order valence-corrected chi connectivity index (χ2v) is 15.0. The van der Waals surface area contributed by atoms with Gasteiger partial charge in [-0.2, -0.15) is 0 Å². The molecule has 48 heavy (non-hydrogen) atoms. The minimum atomic E-state index is -0.418. The number of halogens is 1. The first kappa shape index (κ1) is 27.5. The Morgan fingerprint density at radius 1 is 0.396 bits per heavy atom. The minimum Gasteiger partial charge on any atom is -0.309 e. The molecule has 0 aliphatic carbocycles. The highest BCUT2D eigenvalue weighted by atomic mass is 127. The number of hydrogen-bond acceptors (Lipinski definition) is 1. The van der Waals surface area contributed by atoms with E-state index >= 15 is 0 Å². The zero-order chi connectivity index (χ0) is 31.6. The maximum absolute atomic E-state index is 5.30. The van der Waals surface area contributed by atoms with Crippen LogP contribution in [-0.4, -0.2) is 9.13 Å². The van der Waals surface area contributed by atoms with Crippen LogP contribution >= 0.6 is 20.7 Å². The minimum absolute atomic E-state index is 0.418. The molecule has 3 heterocycles. The van der Waals surface area contributed by atoms with Crippen molar-refractivity contribution in [2.75, 3.05) is 0 Å². The van der Waals surface area contributed by atoms with Gasteiger partial charge in [0.2, 0.25) is 0 Å². The molecule has 0 unspecified atom stereocenters. The van der Waals surface area contributed by atoms with Gasteiger partial charge in [-0.15, -0.1) is 0 Å². The molecule has 0 spiro atoms. The van der Waals surface area contributed by atoms with Crippen molar-refractivity contribution < 1.29 is 0 Å². The lowest BCUT2D eigenvalue weighted by Gasteiger charge is -2.11. The van der Waals surface area contributed by atoms with Gasteiger partial charge in [0.15, 0.2) is 5.82 Å². The molecule has 226 valence electrons. The summed E-state index contributed by atoms with van der Waals surface area (Å²) in [7, 11) is 0. The fraction of sp³-hybridized carbons (Fsp3) is 0. The second kappa shape index (κ2) is 11.0. The Kier molecular flexibility index (Phi) is 6.30. The van der Waals surface area contributed by atoms with Gasteiger partial charge in [0.1, 0.15) is 0 Å². The van der Waals surface area contributed by atoms with E-state index in [-0.39, 0.29) is 0 Å². The van der Waals surface area contributed by atoms with Crippen molar-refractivity contribution in [3.05, 3.63) is 182 Å². The number of nitrogens with zero attached hydrogens (tertiary/aromatic N) is 3. The van der Waals surface area contributed by atoms with Gasteiger partial charge in [-0.1, -0.05) is 124 Å². The summed E-state index contributed by atoms with van der Waals surface area (Å²) in [5, 5.41) is 4.93. The molecule has 0 N–H and O–H groups in total. The summed E-state index contributed by atoms with van der Waals surface area (Å²) in [5.41, 5.74) is 10.8. The van der Waals surface area contributed by atoms with E-state index < -0.39 is 20.7 Å². The summed E-state index contributed by atoms with van der Waals surface area (Å²) < 4.78 is 7.51. The number of hydrogen-bond donors (Lipinski definition) is 0. The van der Waals surface area contributed by atoms with Crippen molar-refractivity contribution in [1.82, 2.24) is 9.13 Å². The lowest BCUT2D eigenvalue weighted by atomic mass is 10.0. The van der Waals surface area contributed by atoms with Gasteiger partial charge in [0, 0.05) is 30.7 Å². The van der Waals surface area contributed by atoms with Crippen molar-refractivity contribution in [3.8, 4) is 33.6 Å². The quantitative estimate of drug-likeness (QED) is 0.161. The zero-order valence-electron chi connectivity index (χ0n) is 25.9. The number of aromatic nitrogens is 2. The summed E-state index contributed by atoms with van der Waals surface area (Å²) in [6.45, 7) is 0. The molecule has 4 heteroatoms. The Bertz CT molecular complexity index is 2810. The predicted octanol–water partition coefficient (Wildman–Crippen LogP) is 11.4. The average Bonchev–Trinajstić information content (AvgIpc) is 3.66. The SMILES string of the molecule is c1ccc(-c2ccc(-n3c4c(c5cc(-c6ccc7c(c6)c6ccccc6n7-c6ccccc6)ccc53)I=c3ccccc3=N4)cc2)cc1. The van der Waals surface area contributed by atoms with Gasteiger partial charge in [0.05, 0.1) is 25.5 Å². The van der Waals surface area contributed by atoms with Gasteiger partial charge in [-0.3, -0.25) is 4.57 Å². The van der Waals surface area contributed by atoms with Crippen molar-refractivity contribution in [2.24, 2.45) is 4.99 Å². The predicted molar refractivity (Wildman–Crippen MR) is 207 cm³/mol. The number of fused-ring (bicyclic) bond motifs is 7. The molecule has 2 aromatic heterocycles. The molecule has 0 fully saturated rings. The van der Waals surface area contributed by atoms with Crippen LogP contribution in [0.4, 0.5) is 5.82 Å². The fourth-order valence-electron chi connectivity index (χ4n) is 7.15. The molecule has 0 bridgehead atoms. The van der Waals surface area contributed by atoms with Crippen LogP contribution in [0.2, 0.25) is 0 Å². The highest BCUT2D eigenvalue weighted by Crippen LogP contribution is 2.43. The monoisotopic (exact) mass is 725 g/mol. The maximum atomic E-state index is 5.30. The zero-order valence-corrected chi connectivity index (χ0v) is 28.0. The molecule has 0 radical (unpaired) electrons. The average molecular weight is 726 g/mol. The molecule has 3 nitrogen and oxygen atoms in total. The van der Waals surface area contributed by atoms with Gasteiger partial charge < -0.3 is 4.57 Å². The van der Waals surface area contributed by atoms with E-state index in [1.807, 2.05) is 0 Å². The summed E-state index contributed by atoms with van der Waals surface area (Å²) in [6.07, 6.45) is 0. The van der Waals surface area contributed by atoms with E-state index in [1.54, 1.807) is 0 Å². The van der Waals surface area contributed by atoms with E-state index in [4.69, 9.17) is 4.99 Å². The van der Waals surface area contributed by atoms with Crippen molar-refractivity contribution in [1.29, 1.82) is 0 Å². The lowest BCUT2D eigenvalue weighted by molar-refractivity contribution is 1.08. The van der Waals surface area contributed by atoms with Crippen molar-refractivity contribution in [3.63, 3.8) is 0 Å². The van der Waals surface area contributed by atoms with Crippen molar-refractivity contribution >= 4 is 59.3 Å². The molecule has 0 amide bonds. The fourth-order valence-corrected chi connectivity index (χ4v) is 10.0. The third kappa shape index (κ3) is 4.33. The highest BCUT2D eigenvalue weighted by molar-refractivity contribution is 14.2. The molecule has 0 saturated carbocycles. The number of para-hydroxylation sites is 3. The van der Waals surface area contributed by atoms with Crippen LogP contribution in [0.3, 0.4) is 0 Å². The third-order valence-electron chi connectivity index (χ3n) is 9.41. The Labute approximate surface area is 287 Å². The summed E-state index contributed by atoms with van der Waals surface area (Å²) in [6, 6.07) is 61.5. The molecule has 10 rings (SSSR count). The first-order valence-corrected chi connectivity index (χ1v) is 18.3. The van der Waals surface area contributed by atoms with E-state index in [9.17, 15) is 0 Å². The van der Waals surface area contributed by atoms with Crippen LogP contribution < -0.4 is 5.36 Å². The van der Waals surface area contributed by atoms with Gasteiger partial charge in [0.25, 0.3) is 0 Å². The summed E-state index contributed by atoms with van der Waals surface area (Å²) in [5.74, 6) is 1.07. The van der Waals surface area contributed by atoms with Gasteiger partial charge in [-0.05, 0) is 89.0 Å². The standard InChI is InChI=1S/C44H28IN3/c1-3-11-29(12-4-1)30-19-23-34(24-20-30)48-42-26-22-32(28-37(42)43-44(48)46-39-17-9-8-16-38(39)45-43)31-21-25-41-36(27-31)35-15-7-10-18-40(35)47(41)33-13-5-2-6-14-33/h1-28H. The Morgan fingerprint density at radius 3 is 1.75 bits per heavy atom. The first-order valence-electron chi connectivity index (χ1n) is 16.2. The highest BCUT2D eigenvalue weighted by Gasteiger charge is 2.21. The summed E-state index contributed by atoms with van der Waals surface area (Å²) in [4.78, 5) is 5.30. The lowest BCUT2D eigenvalue weighted by Crippen LogP contribution is -2.05. The Morgan fingerprint density at radius 2 is 0.958 bits per heavy atom. The van der Waals surface area contributed by atoms with E-state index in [2.05, 4.69) is 179 Å². The molecular formula is C44H28IN3. The summed E-state index contributed by atoms with van der Waals surface area (Å²) >= 11 is -0.418. The van der Waals surface area contributed by atoms with Crippen LogP contribution in [0, 0.1) is 6.72 Å². The topological polar surface area (TPSA) is 22.2 Å². The van der Waals surface area contributed by atoms with Crippen LogP contribution in [0.5, 0.6) is 0 Å². The molecule has 0 saturated heterocycles. The van der Waals surface area contributed by atoms with Crippen LogP contribution in [0.15, 0.2) is 175 Å². The Hall–Kier alpha value is -5.59. The van der Waals surface area contributed by atoms with Crippen LogP contribution in [-0.2, 0) is 0 Å². The molecule has 9 aromatic rings. The molecule has 0 atom stereocenters. The smallest absolute Gasteiger partial charge is 0.152 e. The van der Waals surface area contributed by atoms with Gasteiger partial charge >= 0.3 is 0 Å². The van der Waals surface area contributed by atoms with Crippen molar-refractivity contribution in [2.45, 2.75) is 0 Å². The molecule has 1 aliphatic heterocycles. The Balaban J connectivity index is 1.16. The number of rotatable bonds is 4. The van der Waals surface area contributed by atoms with Crippen LogP contribution in [0.25, 0.3) is 66.3 Å².